The van der Waals surface area contributed by atoms with E-state index in [1.165, 1.54) is 17.2 Å². The molecule has 4 fully saturated rings. The van der Waals surface area contributed by atoms with Gasteiger partial charge in [-0.2, -0.15) is 28.4 Å². The number of imidazole rings is 2. The maximum Gasteiger partial charge on any atom is 0.335 e. The second-order valence-corrected chi connectivity index (χ2v) is 51.6. The Labute approximate surface area is 610 Å². The number of benzene rings is 2. The molecule has 560 valence electrons. The zero-order valence-electron chi connectivity index (χ0n) is 60.2. The number of aliphatic hydroxyl groups is 3. The number of fused-ring (bicyclic) bond motifs is 4. The van der Waals surface area contributed by atoms with Gasteiger partial charge in [0, 0.05) is 41.3 Å². The number of nitrogens with one attached hydrogen (secondary N) is 2. The highest BCUT2D eigenvalue weighted by molar-refractivity contribution is 8.13. The van der Waals surface area contributed by atoms with Gasteiger partial charge in [-0.15, -0.1) is 0 Å². The first kappa shape index (κ1) is 82.3. The zero-order chi connectivity index (χ0) is 74.9. The molecule has 5 N–H and O–H groups in total. The van der Waals surface area contributed by atoms with E-state index in [-0.39, 0.29) is 128 Å². The van der Waals surface area contributed by atoms with Gasteiger partial charge in [0.25, 0.3) is 21.9 Å². The number of aromatic nitrogens is 8. The lowest BCUT2D eigenvalue weighted by Crippen LogP contribution is -2.67. The molecule has 6 aromatic rings. The molecule has 2 aromatic carbocycles. The molecule has 10 rings (SSSR count). The highest BCUT2D eigenvalue weighted by Gasteiger charge is 2.68. The molecule has 8 atom stereocenters. The third-order valence-corrected chi connectivity index (χ3v) is 40.4. The number of halogens is 3. The lowest BCUT2D eigenvalue weighted by atomic mass is 9.90. The standard InChI is InChI=1S/C32H48ClN5O9SSi2.C31H46ClN5O7Si2.CH3ClO2S/c1-19(2)49(20(3)4)44-17-24-26(46-50(47-49,21(5)6)22(7)8)32(40,15-16-43-48(9,41)42)30(45-24)38-18-34-25-27(33)35-31(36-28(25)38)37-29(39)23-13-11-10-12-14-23;1-18(2)45(19(3)4)41-16-23-25(43-46(44-45,20(5)6)21(7)8)31(40,14-15-38)29(42-23)37-17-33-24-26(32)34-30(35-27(24)37)36-28(39)22-12-10-9-11-13-22;1-5(2,3)4/h10-14,18-22,24,26,30,40H,15-17H2,1-9H3,(H,35,36,37,39);9-13,17-21,23,25,29,38,40H,14-16H2,1-8H3,(H,34,35,36,39);1H3/t24?,26?,30?,32-;23?,25?,29?,31-;/m11./s1. The molecule has 4 saturated heterocycles. The van der Waals surface area contributed by atoms with Crippen LogP contribution in [-0.2, 0) is 58.8 Å². The second-order valence-electron chi connectivity index (χ2n) is 28.5. The zero-order valence-corrected chi connectivity index (χ0v) is 68.1. The molecule has 0 saturated carbocycles. The smallest absolute Gasteiger partial charge is 0.335 e. The SMILES string of the molecule is CC(C)[Si]1(C(C)C)OCC2OC(n3cnc4c(Cl)nc(NC(=O)c5ccccc5)nc43)[C@@](O)(CCO)C2O[Si](C(C)C)(C(C)C)O1.CC(C)[Si]1(C(C)C)OCC2OC(n3cnc4c(Cl)nc(NC(=O)c5ccccc5)nc43)[C@@](O)(CCOS(C)(=O)=O)C2O[Si](C(C)C)(C(C)C)O1.CS(=O)(=O)Cl. The van der Waals surface area contributed by atoms with E-state index < -0.39 is 113 Å². The second kappa shape index (κ2) is 32.4. The summed E-state index contributed by atoms with van der Waals surface area (Å²) in [5.74, 6) is -0.984. The van der Waals surface area contributed by atoms with Gasteiger partial charge in [0.2, 0.25) is 20.9 Å². The van der Waals surface area contributed by atoms with E-state index in [1.54, 1.807) is 59.2 Å². The van der Waals surface area contributed by atoms with Gasteiger partial charge >= 0.3 is 34.2 Å². The van der Waals surface area contributed by atoms with E-state index in [0.29, 0.717) is 11.1 Å². The fourth-order valence-electron chi connectivity index (χ4n) is 13.9. The van der Waals surface area contributed by atoms with Crippen LogP contribution in [-0.4, -0.2) is 192 Å². The number of nitrogens with zero attached hydrogens (tertiary/aromatic N) is 8. The number of carbonyl (C=O) groups excluding carboxylic acids is 2. The number of hydrogen-bond donors (Lipinski definition) is 5. The van der Waals surface area contributed by atoms with Crippen LogP contribution in [0.15, 0.2) is 73.3 Å². The quantitative estimate of drug-likeness (QED) is 0.0205. The molecule has 0 aliphatic carbocycles. The number of ether oxygens (including phenoxy) is 2. The molecule has 37 heteroatoms. The van der Waals surface area contributed by atoms with Crippen LogP contribution in [0.2, 0.25) is 54.6 Å². The Morgan fingerprint density at radius 1 is 0.564 bits per heavy atom. The predicted molar refractivity (Wildman–Crippen MR) is 393 cm³/mol. The molecule has 0 radical (unpaired) electrons. The van der Waals surface area contributed by atoms with E-state index >= 15 is 0 Å². The van der Waals surface area contributed by atoms with Crippen LogP contribution in [0, 0.1) is 0 Å². The van der Waals surface area contributed by atoms with Gasteiger partial charge in [-0.3, -0.25) is 33.5 Å². The Kier molecular flexibility index (Phi) is 26.4. The maximum absolute atomic E-state index is 13.0. The van der Waals surface area contributed by atoms with Crippen LogP contribution in [0.5, 0.6) is 0 Å². The summed E-state index contributed by atoms with van der Waals surface area (Å²) in [6.45, 7) is 33.2. The van der Waals surface area contributed by atoms with Crippen molar-refractivity contribution in [3.05, 3.63) is 94.8 Å². The minimum absolute atomic E-state index is 0.0190. The molecule has 6 unspecified atom stereocenters. The molecule has 0 bridgehead atoms. The van der Waals surface area contributed by atoms with Crippen LogP contribution >= 0.6 is 33.9 Å². The number of hydrogen-bond acceptors (Lipinski definition) is 24. The Morgan fingerprint density at radius 3 is 1.20 bits per heavy atom. The summed E-state index contributed by atoms with van der Waals surface area (Å²) in [5, 5.41) is 41.1. The maximum atomic E-state index is 13.0. The number of aliphatic hydroxyl groups excluding tert-OH is 1. The van der Waals surface area contributed by atoms with Crippen LogP contribution in [0.4, 0.5) is 11.9 Å². The average Bonchev–Trinajstić information content (AvgIpc) is 1.58. The minimum atomic E-state index is -3.85. The fraction of sp³-hybridized carbons (Fsp3) is 0.625. The summed E-state index contributed by atoms with van der Waals surface area (Å²) in [6, 6.07) is 17.2. The Bertz CT molecular complexity index is 4060. The highest BCUT2D eigenvalue weighted by Crippen LogP contribution is 2.55. The van der Waals surface area contributed by atoms with Crippen molar-refractivity contribution in [3.8, 4) is 0 Å². The van der Waals surface area contributed by atoms with Gasteiger partial charge in [0.15, 0.2) is 34.1 Å². The number of amides is 2. The van der Waals surface area contributed by atoms with Gasteiger partial charge in [0.05, 0.1) is 45.0 Å². The molecule has 4 aliphatic rings. The van der Waals surface area contributed by atoms with Crippen molar-refractivity contribution in [1.29, 1.82) is 0 Å². The molecule has 8 heterocycles. The molecule has 0 spiro atoms. The average molecular weight is 1580 g/mol. The van der Waals surface area contributed by atoms with Crippen LogP contribution < -0.4 is 10.6 Å². The van der Waals surface area contributed by atoms with Crippen molar-refractivity contribution < 1.29 is 81.3 Å². The number of rotatable bonds is 20. The molecular weight excluding hydrogens is 1480 g/mol. The van der Waals surface area contributed by atoms with Crippen molar-refractivity contribution in [2.24, 2.45) is 0 Å². The summed E-state index contributed by atoms with van der Waals surface area (Å²) < 4.78 is 107. The first-order valence-electron chi connectivity index (χ1n) is 33.7. The van der Waals surface area contributed by atoms with Crippen molar-refractivity contribution >= 4 is 133 Å². The van der Waals surface area contributed by atoms with E-state index in [2.05, 4.69) is 162 Å². The van der Waals surface area contributed by atoms with Crippen molar-refractivity contribution in [2.75, 3.05) is 49.6 Å². The summed E-state index contributed by atoms with van der Waals surface area (Å²) >= 11 is 13.1. The fourth-order valence-corrected chi connectivity index (χ4v) is 37.2. The van der Waals surface area contributed by atoms with E-state index in [4.69, 9.17) is 62.8 Å². The van der Waals surface area contributed by atoms with Crippen LogP contribution in [0.1, 0.15) is 157 Å². The van der Waals surface area contributed by atoms with Gasteiger partial charge in [-0.05, 0) is 68.6 Å². The van der Waals surface area contributed by atoms with Gasteiger partial charge in [-0.1, -0.05) is 170 Å². The Morgan fingerprint density at radius 2 is 0.891 bits per heavy atom. The molecule has 101 heavy (non-hydrogen) atoms. The molecule has 4 aromatic heterocycles. The summed E-state index contributed by atoms with van der Waals surface area (Å²) in [6.07, 6.45) is -1.24. The van der Waals surface area contributed by atoms with Gasteiger partial charge in [-0.25, -0.2) is 18.4 Å². The normalized spacial score (nSPS) is 25.0. The summed E-state index contributed by atoms with van der Waals surface area (Å²) in [7, 11) is -14.7. The van der Waals surface area contributed by atoms with Gasteiger partial charge < -0.3 is 50.7 Å². The molecule has 4 aliphatic heterocycles. The van der Waals surface area contributed by atoms with Crippen molar-refractivity contribution in [2.45, 2.75) is 216 Å². The number of carbonyl (C=O) groups is 2. The largest absolute Gasteiger partial charge is 0.414 e. The van der Waals surface area contributed by atoms with E-state index in [1.807, 2.05) is 6.07 Å². The Balaban J connectivity index is 0.000000241. The third kappa shape index (κ3) is 17.4. The summed E-state index contributed by atoms with van der Waals surface area (Å²) in [4.78, 5) is 52.4. The first-order valence-corrected chi connectivity index (χ1v) is 46.9. The minimum Gasteiger partial charge on any atom is -0.414 e. The third-order valence-electron chi connectivity index (χ3n) is 18.9. The molecule has 2 amide bonds. The van der Waals surface area contributed by atoms with Crippen LogP contribution in [0.25, 0.3) is 22.3 Å². The van der Waals surface area contributed by atoms with E-state index in [9.17, 15) is 41.7 Å². The first-order chi connectivity index (χ1) is 47.0. The van der Waals surface area contributed by atoms with Crippen molar-refractivity contribution in [1.82, 2.24) is 39.0 Å². The summed E-state index contributed by atoms with van der Waals surface area (Å²) in [5.41, 5.74) is -1.61. The highest BCUT2D eigenvalue weighted by atomic mass is 35.7. The lowest BCUT2D eigenvalue weighted by molar-refractivity contribution is -0.116. The van der Waals surface area contributed by atoms with E-state index in [0.717, 1.165) is 12.5 Å². The lowest BCUT2D eigenvalue weighted by Gasteiger charge is -2.52. The Hall–Kier alpha value is -4.36. The van der Waals surface area contributed by atoms with Gasteiger partial charge in [0.1, 0.15) is 46.7 Å². The molecular formula is C64H97Cl3N10O18S2Si4. The molecule has 28 nitrogen and oxygen atoms in total. The van der Waals surface area contributed by atoms with Crippen LogP contribution in [0.3, 0.4) is 0 Å². The predicted octanol–water partition coefficient (Wildman–Crippen LogP) is 11.6. The van der Waals surface area contributed by atoms with Crippen molar-refractivity contribution in [3.63, 3.8) is 0 Å². The monoisotopic (exact) mass is 1570 g/mol. The number of anilines is 2. The topological polar surface area (TPSA) is 357 Å².